The molecule has 0 bridgehead atoms. The van der Waals surface area contributed by atoms with Crippen molar-refractivity contribution in [1.29, 1.82) is 0 Å². The Morgan fingerprint density at radius 2 is 1.70 bits per heavy atom. The molecule has 0 unspecified atom stereocenters. The lowest BCUT2D eigenvalue weighted by Gasteiger charge is -2.13. The van der Waals surface area contributed by atoms with Crippen LogP contribution >= 0.6 is 11.3 Å². The van der Waals surface area contributed by atoms with Gasteiger partial charge in [0.1, 0.15) is 0 Å². The van der Waals surface area contributed by atoms with Crippen LogP contribution in [-0.2, 0) is 0 Å². The molecular weight excluding hydrogens is 306 g/mol. The summed E-state index contributed by atoms with van der Waals surface area (Å²) in [6.45, 7) is 8.01. The predicted molar refractivity (Wildman–Crippen MR) is 97.4 cm³/mol. The van der Waals surface area contributed by atoms with Crippen LogP contribution in [0.4, 0.5) is 10.8 Å². The first kappa shape index (κ1) is 15.5. The summed E-state index contributed by atoms with van der Waals surface area (Å²) in [6.07, 6.45) is 0. The smallest absolute Gasteiger partial charge is 0.255 e. The maximum atomic E-state index is 12.6. The van der Waals surface area contributed by atoms with Gasteiger partial charge in [-0.1, -0.05) is 29.0 Å². The molecule has 23 heavy (non-hydrogen) atoms. The molecule has 1 aromatic heterocycles. The Balaban J connectivity index is 1.98. The zero-order valence-electron chi connectivity index (χ0n) is 13.7. The van der Waals surface area contributed by atoms with Crippen molar-refractivity contribution in [2.75, 3.05) is 11.1 Å². The predicted octanol–water partition coefficient (Wildman–Crippen LogP) is 4.36. The number of carbonyl (C=O) groups excluding carboxylic acids is 1. The molecule has 5 heteroatoms. The number of anilines is 2. The van der Waals surface area contributed by atoms with E-state index in [9.17, 15) is 4.79 Å². The van der Waals surface area contributed by atoms with Gasteiger partial charge in [-0.15, -0.1) is 0 Å². The molecule has 0 radical (unpaired) electrons. The fraction of sp³-hybridized carbons (Fsp3) is 0.222. The minimum Gasteiger partial charge on any atom is -0.375 e. The van der Waals surface area contributed by atoms with Gasteiger partial charge in [-0.05, 0) is 56.5 Å². The van der Waals surface area contributed by atoms with E-state index in [0.29, 0.717) is 10.7 Å². The molecule has 3 aromatic rings. The number of thiazole rings is 1. The summed E-state index contributed by atoms with van der Waals surface area (Å²) < 4.78 is 0.935. The molecule has 0 spiro atoms. The highest BCUT2D eigenvalue weighted by atomic mass is 32.1. The molecule has 1 amide bonds. The lowest BCUT2D eigenvalue weighted by molar-refractivity contribution is 0.102. The molecule has 2 aromatic carbocycles. The van der Waals surface area contributed by atoms with E-state index in [-0.39, 0.29) is 5.91 Å². The molecule has 0 fully saturated rings. The second-order valence-electron chi connectivity index (χ2n) is 5.92. The highest BCUT2D eigenvalue weighted by Gasteiger charge is 2.14. The SMILES string of the molecule is Cc1cc(C)c(NC(=O)c2cc(C)c3nc(N)sc3c2)c(C)c1. The maximum Gasteiger partial charge on any atom is 0.255 e. The second-order valence-corrected chi connectivity index (χ2v) is 6.98. The first-order valence-corrected chi connectivity index (χ1v) is 8.22. The third kappa shape index (κ3) is 2.92. The quantitative estimate of drug-likeness (QED) is 0.735. The normalized spacial score (nSPS) is 11.0. The number of fused-ring (bicyclic) bond motifs is 1. The van der Waals surface area contributed by atoms with Gasteiger partial charge >= 0.3 is 0 Å². The molecule has 3 rings (SSSR count). The van der Waals surface area contributed by atoms with E-state index in [1.165, 1.54) is 16.9 Å². The number of nitrogens with two attached hydrogens (primary N) is 1. The average Bonchev–Trinajstić information content (AvgIpc) is 2.83. The van der Waals surface area contributed by atoms with Crippen molar-refractivity contribution in [1.82, 2.24) is 4.98 Å². The van der Waals surface area contributed by atoms with E-state index in [4.69, 9.17) is 5.73 Å². The van der Waals surface area contributed by atoms with E-state index in [1.807, 2.05) is 32.9 Å². The van der Waals surface area contributed by atoms with Crippen LogP contribution in [0.1, 0.15) is 32.6 Å². The molecule has 0 aliphatic carbocycles. The zero-order chi connectivity index (χ0) is 16.7. The number of nitrogens with zero attached hydrogens (tertiary/aromatic N) is 1. The first-order chi connectivity index (χ1) is 10.8. The number of amides is 1. The Morgan fingerprint density at radius 3 is 2.35 bits per heavy atom. The summed E-state index contributed by atoms with van der Waals surface area (Å²) in [5, 5.41) is 3.55. The lowest BCUT2D eigenvalue weighted by atomic mass is 10.0. The highest BCUT2D eigenvalue weighted by Crippen LogP contribution is 2.28. The summed E-state index contributed by atoms with van der Waals surface area (Å²) >= 11 is 1.40. The van der Waals surface area contributed by atoms with Crippen LogP contribution in [0.15, 0.2) is 24.3 Å². The number of rotatable bonds is 2. The number of nitrogens with one attached hydrogen (secondary N) is 1. The molecule has 0 atom stereocenters. The fourth-order valence-electron chi connectivity index (χ4n) is 2.91. The van der Waals surface area contributed by atoms with E-state index in [2.05, 4.69) is 29.4 Å². The molecule has 1 heterocycles. The van der Waals surface area contributed by atoms with Crippen molar-refractivity contribution in [2.24, 2.45) is 0 Å². The number of carbonyl (C=O) groups is 1. The summed E-state index contributed by atoms with van der Waals surface area (Å²) in [5.41, 5.74) is 12.4. The van der Waals surface area contributed by atoms with E-state index in [1.54, 1.807) is 0 Å². The van der Waals surface area contributed by atoms with Crippen LogP contribution in [0.5, 0.6) is 0 Å². The fourth-order valence-corrected chi connectivity index (χ4v) is 3.76. The number of hydrogen-bond acceptors (Lipinski definition) is 4. The molecular formula is C18H19N3OS. The van der Waals surface area contributed by atoms with Gasteiger partial charge in [0.05, 0.1) is 10.2 Å². The van der Waals surface area contributed by atoms with Crippen molar-refractivity contribution in [2.45, 2.75) is 27.7 Å². The van der Waals surface area contributed by atoms with Gasteiger partial charge in [-0.3, -0.25) is 4.79 Å². The van der Waals surface area contributed by atoms with E-state index in [0.717, 1.165) is 32.6 Å². The second kappa shape index (κ2) is 5.66. The Morgan fingerprint density at radius 1 is 1.04 bits per heavy atom. The molecule has 0 saturated heterocycles. The van der Waals surface area contributed by atoms with Crippen LogP contribution in [0, 0.1) is 27.7 Å². The van der Waals surface area contributed by atoms with Gasteiger partial charge in [-0.25, -0.2) is 4.98 Å². The van der Waals surface area contributed by atoms with Crippen molar-refractivity contribution >= 4 is 38.3 Å². The van der Waals surface area contributed by atoms with Crippen LogP contribution in [0.2, 0.25) is 0 Å². The zero-order valence-corrected chi connectivity index (χ0v) is 14.5. The average molecular weight is 325 g/mol. The van der Waals surface area contributed by atoms with Gasteiger partial charge in [0.15, 0.2) is 5.13 Å². The van der Waals surface area contributed by atoms with Gasteiger partial charge in [0, 0.05) is 11.3 Å². The van der Waals surface area contributed by atoms with Gasteiger partial charge < -0.3 is 11.1 Å². The van der Waals surface area contributed by atoms with Crippen LogP contribution < -0.4 is 11.1 Å². The van der Waals surface area contributed by atoms with Crippen molar-refractivity contribution in [3.8, 4) is 0 Å². The van der Waals surface area contributed by atoms with Crippen molar-refractivity contribution in [3.63, 3.8) is 0 Å². The van der Waals surface area contributed by atoms with E-state index >= 15 is 0 Å². The summed E-state index contributed by atoms with van der Waals surface area (Å²) in [4.78, 5) is 16.9. The highest BCUT2D eigenvalue weighted by molar-refractivity contribution is 7.22. The minimum atomic E-state index is -0.114. The molecule has 0 aliphatic heterocycles. The van der Waals surface area contributed by atoms with Crippen molar-refractivity contribution in [3.05, 3.63) is 52.1 Å². The number of hydrogen-bond donors (Lipinski definition) is 2. The Labute approximate surface area is 139 Å². The summed E-state index contributed by atoms with van der Waals surface area (Å²) in [7, 11) is 0. The number of aromatic nitrogens is 1. The lowest BCUT2D eigenvalue weighted by Crippen LogP contribution is -2.14. The third-order valence-electron chi connectivity index (χ3n) is 3.88. The molecule has 0 aliphatic rings. The van der Waals surface area contributed by atoms with Crippen LogP contribution in [0.25, 0.3) is 10.2 Å². The molecule has 4 nitrogen and oxygen atoms in total. The molecule has 118 valence electrons. The molecule has 0 saturated carbocycles. The van der Waals surface area contributed by atoms with Crippen LogP contribution in [-0.4, -0.2) is 10.9 Å². The minimum absolute atomic E-state index is 0.114. The van der Waals surface area contributed by atoms with Gasteiger partial charge in [-0.2, -0.15) is 0 Å². The van der Waals surface area contributed by atoms with E-state index < -0.39 is 0 Å². The molecule has 3 N–H and O–H groups in total. The Bertz CT molecular complexity index is 904. The number of nitrogen functional groups attached to an aromatic ring is 1. The monoisotopic (exact) mass is 325 g/mol. The third-order valence-corrected chi connectivity index (χ3v) is 4.71. The van der Waals surface area contributed by atoms with Gasteiger partial charge in [0.25, 0.3) is 5.91 Å². The largest absolute Gasteiger partial charge is 0.375 e. The maximum absolute atomic E-state index is 12.6. The summed E-state index contributed by atoms with van der Waals surface area (Å²) in [5.74, 6) is -0.114. The number of benzene rings is 2. The summed E-state index contributed by atoms with van der Waals surface area (Å²) in [6, 6.07) is 7.85. The first-order valence-electron chi connectivity index (χ1n) is 7.41. The number of aryl methyl sites for hydroxylation is 4. The topological polar surface area (TPSA) is 68.0 Å². The van der Waals surface area contributed by atoms with Crippen molar-refractivity contribution < 1.29 is 4.79 Å². The van der Waals surface area contributed by atoms with Gasteiger partial charge in [0.2, 0.25) is 0 Å². The standard InChI is InChI=1S/C18H19N3OS/c1-9-5-10(2)15(11(3)6-9)20-17(22)13-7-12(4)16-14(8-13)23-18(19)21-16/h5-8H,1-4H3,(H2,19,21)(H,20,22). The van der Waals surface area contributed by atoms with Crippen LogP contribution in [0.3, 0.4) is 0 Å². The Hall–Kier alpha value is -2.40. The Kier molecular flexibility index (Phi) is 3.82.